The summed E-state index contributed by atoms with van der Waals surface area (Å²) in [5, 5.41) is 3.04. The Kier molecular flexibility index (Phi) is 3.49. The number of benzene rings is 1. The molecule has 0 aliphatic heterocycles. The van der Waals surface area contributed by atoms with E-state index in [4.69, 9.17) is 0 Å². The minimum Gasteiger partial charge on any atom is -0.342 e. The maximum Gasteiger partial charge on any atom is 0.224 e. The first-order chi connectivity index (χ1) is 10.1. The number of aromatic nitrogens is 2. The molecule has 3 rings (SSSR count). The van der Waals surface area contributed by atoms with E-state index >= 15 is 0 Å². The van der Waals surface area contributed by atoms with Crippen LogP contribution in [-0.4, -0.2) is 15.5 Å². The number of aryl methyl sites for hydroxylation is 1. The van der Waals surface area contributed by atoms with Gasteiger partial charge in [-0.1, -0.05) is 19.1 Å². The van der Waals surface area contributed by atoms with Crippen molar-refractivity contribution in [3.05, 3.63) is 53.9 Å². The summed E-state index contributed by atoms with van der Waals surface area (Å²) in [6.45, 7) is 2.07. The molecule has 4 nitrogen and oxygen atoms in total. The lowest BCUT2D eigenvalue weighted by molar-refractivity contribution is -0.123. The predicted octanol–water partition coefficient (Wildman–Crippen LogP) is 2.42. The van der Waals surface area contributed by atoms with E-state index in [1.165, 1.54) is 12.1 Å². The molecule has 1 aliphatic carbocycles. The maximum atomic E-state index is 13.1. The Bertz CT molecular complexity index is 650. The van der Waals surface area contributed by atoms with E-state index in [9.17, 15) is 9.18 Å². The Hall–Kier alpha value is -2.17. The van der Waals surface area contributed by atoms with Crippen molar-refractivity contribution in [3.63, 3.8) is 0 Å². The number of hydrogen-bond acceptors (Lipinski definition) is 2. The summed E-state index contributed by atoms with van der Waals surface area (Å²) < 4.78 is 15.0. The quantitative estimate of drug-likeness (QED) is 0.938. The monoisotopic (exact) mass is 287 g/mol. The van der Waals surface area contributed by atoms with Crippen LogP contribution >= 0.6 is 0 Å². The molecule has 5 heteroatoms. The van der Waals surface area contributed by atoms with Gasteiger partial charge in [0.15, 0.2) is 0 Å². The minimum atomic E-state index is -0.356. The van der Waals surface area contributed by atoms with Crippen molar-refractivity contribution >= 4 is 5.91 Å². The summed E-state index contributed by atoms with van der Waals surface area (Å²) in [5.41, 5.74) is 0.826. The highest BCUT2D eigenvalue weighted by atomic mass is 19.1. The molecular formula is C16H18FN3O. The lowest BCUT2D eigenvalue weighted by Gasteiger charge is -2.19. The van der Waals surface area contributed by atoms with E-state index in [2.05, 4.69) is 17.2 Å². The smallest absolute Gasteiger partial charge is 0.224 e. The van der Waals surface area contributed by atoms with Crippen LogP contribution in [-0.2, 0) is 11.8 Å². The molecule has 0 radical (unpaired) electrons. The van der Waals surface area contributed by atoms with E-state index in [1.54, 1.807) is 18.3 Å². The first-order valence-electron chi connectivity index (χ1n) is 7.09. The number of amides is 1. The molecule has 0 spiro atoms. The van der Waals surface area contributed by atoms with Crippen LogP contribution in [0.5, 0.6) is 0 Å². The number of halogens is 1. The standard InChI is InChI=1S/C16H18FN3O/c1-10-9-13(10)16(21)19-14(15-18-7-8-20(15)2)11-3-5-12(17)6-4-11/h3-8,10,13-14H,9H2,1-2H3,(H,19,21). The fourth-order valence-electron chi connectivity index (χ4n) is 2.54. The number of nitrogens with one attached hydrogen (secondary N) is 1. The van der Waals surface area contributed by atoms with Crippen molar-refractivity contribution in [1.82, 2.24) is 14.9 Å². The number of carbonyl (C=O) groups excluding carboxylic acids is 1. The average Bonchev–Trinajstić information content (AvgIpc) is 3.05. The fraction of sp³-hybridized carbons (Fsp3) is 0.375. The molecule has 110 valence electrons. The zero-order valence-corrected chi connectivity index (χ0v) is 12.1. The van der Waals surface area contributed by atoms with E-state index < -0.39 is 0 Å². The van der Waals surface area contributed by atoms with Gasteiger partial charge >= 0.3 is 0 Å². The average molecular weight is 287 g/mol. The third-order valence-electron chi connectivity index (χ3n) is 4.05. The Morgan fingerprint density at radius 2 is 2.10 bits per heavy atom. The molecule has 0 bridgehead atoms. The summed E-state index contributed by atoms with van der Waals surface area (Å²) in [4.78, 5) is 16.6. The van der Waals surface area contributed by atoms with Crippen LogP contribution in [0.2, 0.25) is 0 Å². The van der Waals surface area contributed by atoms with Crippen LogP contribution in [0.4, 0.5) is 4.39 Å². The maximum absolute atomic E-state index is 13.1. The molecule has 1 N–H and O–H groups in total. The number of nitrogens with zero attached hydrogens (tertiary/aromatic N) is 2. The van der Waals surface area contributed by atoms with Gasteiger partial charge in [-0.3, -0.25) is 4.79 Å². The second-order valence-corrected chi connectivity index (χ2v) is 5.71. The molecule has 1 aliphatic rings. The van der Waals surface area contributed by atoms with Crippen LogP contribution < -0.4 is 5.32 Å². The number of hydrogen-bond donors (Lipinski definition) is 1. The van der Waals surface area contributed by atoms with Gasteiger partial charge in [-0.05, 0) is 30.0 Å². The van der Waals surface area contributed by atoms with Crippen LogP contribution in [0.25, 0.3) is 0 Å². The molecule has 3 atom stereocenters. The summed E-state index contributed by atoms with van der Waals surface area (Å²) in [5.74, 6) is 1.02. The van der Waals surface area contributed by atoms with Crippen molar-refractivity contribution in [2.75, 3.05) is 0 Å². The highest BCUT2D eigenvalue weighted by Gasteiger charge is 2.40. The van der Waals surface area contributed by atoms with Crippen LogP contribution in [0.15, 0.2) is 36.7 Å². The lowest BCUT2D eigenvalue weighted by atomic mass is 10.1. The third-order valence-corrected chi connectivity index (χ3v) is 4.05. The molecule has 1 fully saturated rings. The van der Waals surface area contributed by atoms with Crippen LogP contribution in [0.1, 0.15) is 30.8 Å². The van der Waals surface area contributed by atoms with E-state index in [0.29, 0.717) is 5.92 Å². The zero-order chi connectivity index (χ0) is 15.0. The Morgan fingerprint density at radius 1 is 1.43 bits per heavy atom. The predicted molar refractivity (Wildman–Crippen MR) is 76.9 cm³/mol. The number of carbonyl (C=O) groups is 1. The van der Waals surface area contributed by atoms with E-state index in [1.807, 2.05) is 17.8 Å². The molecule has 3 unspecified atom stereocenters. The molecule has 2 aromatic rings. The van der Waals surface area contributed by atoms with Gasteiger partial charge in [0.2, 0.25) is 5.91 Å². The van der Waals surface area contributed by atoms with Crippen molar-refractivity contribution in [1.29, 1.82) is 0 Å². The number of imidazole rings is 1. The van der Waals surface area contributed by atoms with Gasteiger partial charge < -0.3 is 9.88 Å². The van der Waals surface area contributed by atoms with Crippen molar-refractivity contribution in [2.45, 2.75) is 19.4 Å². The highest BCUT2D eigenvalue weighted by molar-refractivity contribution is 5.82. The molecular weight excluding hydrogens is 269 g/mol. The second-order valence-electron chi connectivity index (χ2n) is 5.71. The Balaban J connectivity index is 1.89. The molecule has 1 aromatic carbocycles. The Labute approximate surface area is 123 Å². The van der Waals surface area contributed by atoms with Gasteiger partial charge in [-0.2, -0.15) is 0 Å². The number of rotatable bonds is 4. The van der Waals surface area contributed by atoms with Crippen LogP contribution in [0.3, 0.4) is 0 Å². The topological polar surface area (TPSA) is 46.9 Å². The SMILES string of the molecule is CC1CC1C(=O)NC(c1ccc(F)cc1)c1nccn1C. The molecule has 1 aromatic heterocycles. The molecule has 1 saturated carbocycles. The van der Waals surface area contributed by atoms with Crippen molar-refractivity contribution < 1.29 is 9.18 Å². The zero-order valence-electron chi connectivity index (χ0n) is 12.1. The second kappa shape index (κ2) is 5.31. The largest absolute Gasteiger partial charge is 0.342 e. The molecule has 0 saturated heterocycles. The van der Waals surface area contributed by atoms with Gasteiger partial charge in [0, 0.05) is 25.4 Å². The fourth-order valence-corrected chi connectivity index (χ4v) is 2.54. The lowest BCUT2D eigenvalue weighted by Crippen LogP contribution is -2.32. The third kappa shape index (κ3) is 2.82. The summed E-state index contributed by atoms with van der Waals surface area (Å²) >= 11 is 0. The normalized spacial score (nSPS) is 21.9. The summed E-state index contributed by atoms with van der Waals surface area (Å²) in [6.07, 6.45) is 4.46. The van der Waals surface area contributed by atoms with Gasteiger partial charge in [-0.15, -0.1) is 0 Å². The first kappa shape index (κ1) is 13.8. The highest BCUT2D eigenvalue weighted by Crippen LogP contribution is 2.38. The first-order valence-corrected chi connectivity index (χ1v) is 7.09. The molecule has 1 heterocycles. The van der Waals surface area contributed by atoms with E-state index in [-0.39, 0.29) is 23.7 Å². The van der Waals surface area contributed by atoms with Gasteiger partial charge in [0.05, 0.1) is 0 Å². The van der Waals surface area contributed by atoms with Gasteiger partial charge in [0.25, 0.3) is 0 Å². The summed E-state index contributed by atoms with van der Waals surface area (Å²) in [7, 11) is 1.88. The van der Waals surface area contributed by atoms with E-state index in [0.717, 1.165) is 17.8 Å². The van der Waals surface area contributed by atoms with Crippen molar-refractivity contribution in [2.24, 2.45) is 18.9 Å². The van der Waals surface area contributed by atoms with Gasteiger partial charge in [0.1, 0.15) is 17.7 Å². The Morgan fingerprint density at radius 3 is 2.62 bits per heavy atom. The van der Waals surface area contributed by atoms with Crippen LogP contribution in [0, 0.1) is 17.7 Å². The molecule has 21 heavy (non-hydrogen) atoms. The van der Waals surface area contributed by atoms with Gasteiger partial charge in [-0.25, -0.2) is 9.37 Å². The van der Waals surface area contributed by atoms with Crippen molar-refractivity contribution in [3.8, 4) is 0 Å². The summed E-state index contributed by atoms with van der Waals surface area (Å²) in [6, 6.07) is 5.82. The molecule has 1 amide bonds. The minimum absolute atomic E-state index is 0.0415.